The summed E-state index contributed by atoms with van der Waals surface area (Å²) >= 11 is 5.07. The van der Waals surface area contributed by atoms with E-state index in [-0.39, 0.29) is 0 Å². The highest BCUT2D eigenvalue weighted by molar-refractivity contribution is 7.80. The molecule has 4 nitrogen and oxygen atoms in total. The van der Waals surface area contributed by atoms with Crippen LogP contribution >= 0.6 is 12.2 Å². The van der Waals surface area contributed by atoms with Crippen LogP contribution in [0.25, 0.3) is 0 Å². The second-order valence-corrected chi connectivity index (χ2v) is 6.03. The zero-order valence-electron chi connectivity index (χ0n) is 12.8. The topological polar surface area (TPSA) is 47.7 Å². The van der Waals surface area contributed by atoms with Crippen LogP contribution in [0.5, 0.6) is 5.75 Å². The molecular formula is C16H24N2O2S. The number of rotatable bonds is 6. The molecule has 1 saturated heterocycles. The molecule has 0 aromatic heterocycles. The second-order valence-electron chi connectivity index (χ2n) is 5.59. The SMILES string of the molecule is COCC1CCCN(Cc2cc(C(N)=S)ccc2OC)C1. The van der Waals surface area contributed by atoms with E-state index in [0.717, 1.165) is 43.1 Å². The lowest BCUT2D eigenvalue weighted by Gasteiger charge is -2.32. The van der Waals surface area contributed by atoms with Gasteiger partial charge in [-0.3, -0.25) is 4.90 Å². The van der Waals surface area contributed by atoms with E-state index in [1.165, 1.54) is 12.8 Å². The number of ether oxygens (including phenoxy) is 2. The molecule has 1 aliphatic heterocycles. The molecule has 1 aliphatic rings. The fourth-order valence-electron chi connectivity index (χ4n) is 2.96. The minimum Gasteiger partial charge on any atom is -0.496 e. The highest BCUT2D eigenvalue weighted by atomic mass is 32.1. The number of nitrogens with two attached hydrogens (primary N) is 1. The summed E-state index contributed by atoms with van der Waals surface area (Å²) in [7, 11) is 3.47. The smallest absolute Gasteiger partial charge is 0.123 e. The van der Waals surface area contributed by atoms with Crippen LogP contribution in [0.1, 0.15) is 24.0 Å². The summed E-state index contributed by atoms with van der Waals surface area (Å²) in [6.45, 7) is 3.87. The van der Waals surface area contributed by atoms with Gasteiger partial charge in [-0.05, 0) is 43.5 Å². The van der Waals surface area contributed by atoms with Gasteiger partial charge in [0, 0.05) is 31.3 Å². The Kier molecular flexibility index (Phi) is 5.96. The summed E-state index contributed by atoms with van der Waals surface area (Å²) in [6, 6.07) is 5.90. The predicted octanol–water partition coefficient (Wildman–Crippen LogP) is 2.19. The van der Waals surface area contributed by atoms with Crippen molar-refractivity contribution in [2.45, 2.75) is 19.4 Å². The van der Waals surface area contributed by atoms with Gasteiger partial charge in [-0.1, -0.05) is 12.2 Å². The highest BCUT2D eigenvalue weighted by Crippen LogP contribution is 2.25. The van der Waals surface area contributed by atoms with Gasteiger partial charge in [0.2, 0.25) is 0 Å². The molecule has 1 atom stereocenters. The molecule has 0 radical (unpaired) electrons. The number of methoxy groups -OCH3 is 2. The summed E-state index contributed by atoms with van der Waals surface area (Å²) < 4.78 is 10.8. The first-order chi connectivity index (χ1) is 10.1. The van der Waals surface area contributed by atoms with Gasteiger partial charge in [0.1, 0.15) is 10.7 Å². The minimum atomic E-state index is 0.426. The zero-order chi connectivity index (χ0) is 15.2. The number of hydrogen-bond donors (Lipinski definition) is 1. The van der Waals surface area contributed by atoms with Gasteiger partial charge in [0.25, 0.3) is 0 Å². The van der Waals surface area contributed by atoms with Crippen molar-refractivity contribution in [3.8, 4) is 5.75 Å². The van der Waals surface area contributed by atoms with Gasteiger partial charge in [-0.25, -0.2) is 0 Å². The Bertz CT molecular complexity index is 491. The maximum absolute atomic E-state index is 5.73. The van der Waals surface area contributed by atoms with E-state index in [4.69, 9.17) is 27.4 Å². The Balaban J connectivity index is 2.10. The van der Waals surface area contributed by atoms with Crippen molar-refractivity contribution in [2.24, 2.45) is 11.7 Å². The molecule has 1 unspecified atom stereocenters. The molecule has 5 heteroatoms. The van der Waals surface area contributed by atoms with Gasteiger partial charge >= 0.3 is 0 Å². The Morgan fingerprint density at radius 2 is 2.24 bits per heavy atom. The molecule has 1 fully saturated rings. The van der Waals surface area contributed by atoms with Crippen molar-refractivity contribution in [1.29, 1.82) is 0 Å². The largest absolute Gasteiger partial charge is 0.496 e. The molecule has 0 spiro atoms. The zero-order valence-corrected chi connectivity index (χ0v) is 13.6. The number of benzene rings is 1. The van der Waals surface area contributed by atoms with Crippen molar-refractivity contribution in [1.82, 2.24) is 4.90 Å². The van der Waals surface area contributed by atoms with E-state index in [1.807, 2.05) is 18.2 Å². The van der Waals surface area contributed by atoms with Crippen molar-refractivity contribution >= 4 is 17.2 Å². The van der Waals surface area contributed by atoms with E-state index in [0.29, 0.717) is 10.9 Å². The van der Waals surface area contributed by atoms with E-state index < -0.39 is 0 Å². The van der Waals surface area contributed by atoms with Gasteiger partial charge in [-0.2, -0.15) is 0 Å². The lowest BCUT2D eigenvalue weighted by molar-refractivity contribution is 0.0870. The fraction of sp³-hybridized carbons (Fsp3) is 0.562. The molecule has 21 heavy (non-hydrogen) atoms. The molecule has 1 aromatic carbocycles. The minimum absolute atomic E-state index is 0.426. The highest BCUT2D eigenvalue weighted by Gasteiger charge is 2.21. The quantitative estimate of drug-likeness (QED) is 0.816. The van der Waals surface area contributed by atoms with Crippen molar-refractivity contribution in [3.63, 3.8) is 0 Å². The number of thiocarbonyl (C=S) groups is 1. The Labute approximate surface area is 132 Å². The average Bonchev–Trinajstić information content (AvgIpc) is 2.48. The average molecular weight is 308 g/mol. The molecule has 0 bridgehead atoms. The number of piperidine rings is 1. The molecule has 2 rings (SSSR count). The van der Waals surface area contributed by atoms with Crippen molar-refractivity contribution in [3.05, 3.63) is 29.3 Å². The molecule has 1 heterocycles. The van der Waals surface area contributed by atoms with E-state index in [1.54, 1.807) is 14.2 Å². The molecule has 0 aliphatic carbocycles. The standard InChI is InChI=1S/C16H24N2O2S/c1-19-11-12-4-3-7-18(9-12)10-14-8-13(16(17)21)5-6-15(14)20-2/h5-6,8,12H,3-4,7,9-11H2,1-2H3,(H2,17,21). The second kappa shape index (κ2) is 7.73. The first-order valence-corrected chi connectivity index (χ1v) is 7.73. The predicted molar refractivity (Wildman–Crippen MR) is 88.8 cm³/mol. The summed E-state index contributed by atoms with van der Waals surface area (Å²) in [6.07, 6.45) is 2.46. The third-order valence-corrected chi connectivity index (χ3v) is 4.20. The number of likely N-dealkylation sites (tertiary alicyclic amines) is 1. The van der Waals surface area contributed by atoms with Crippen molar-refractivity contribution < 1.29 is 9.47 Å². The Morgan fingerprint density at radius 1 is 1.43 bits per heavy atom. The maximum atomic E-state index is 5.73. The van der Waals surface area contributed by atoms with Crippen LogP contribution < -0.4 is 10.5 Å². The maximum Gasteiger partial charge on any atom is 0.123 e. The summed E-state index contributed by atoms with van der Waals surface area (Å²) in [5, 5.41) is 0. The Hall–Kier alpha value is -1.17. The van der Waals surface area contributed by atoms with E-state index >= 15 is 0 Å². The van der Waals surface area contributed by atoms with Crippen molar-refractivity contribution in [2.75, 3.05) is 33.9 Å². The summed E-state index contributed by atoms with van der Waals surface area (Å²) in [5.41, 5.74) is 7.76. The summed E-state index contributed by atoms with van der Waals surface area (Å²) in [5.74, 6) is 1.51. The van der Waals surface area contributed by atoms with Crippen LogP contribution in [0.15, 0.2) is 18.2 Å². The number of hydrogen-bond acceptors (Lipinski definition) is 4. The lowest BCUT2D eigenvalue weighted by atomic mass is 9.98. The van der Waals surface area contributed by atoms with Crippen LogP contribution in [-0.4, -0.2) is 43.8 Å². The normalized spacial score (nSPS) is 19.4. The molecule has 1 aromatic rings. The van der Waals surface area contributed by atoms with Crippen LogP contribution in [0.3, 0.4) is 0 Å². The molecule has 2 N–H and O–H groups in total. The Morgan fingerprint density at radius 3 is 2.90 bits per heavy atom. The monoisotopic (exact) mass is 308 g/mol. The van der Waals surface area contributed by atoms with Gasteiger partial charge < -0.3 is 15.2 Å². The molecule has 116 valence electrons. The van der Waals surface area contributed by atoms with Crippen LogP contribution in [0.2, 0.25) is 0 Å². The number of nitrogens with zero attached hydrogens (tertiary/aromatic N) is 1. The third-order valence-electron chi connectivity index (χ3n) is 3.96. The fourth-order valence-corrected chi connectivity index (χ4v) is 3.09. The van der Waals surface area contributed by atoms with Gasteiger partial charge in [0.15, 0.2) is 0 Å². The lowest BCUT2D eigenvalue weighted by Crippen LogP contribution is -2.36. The van der Waals surface area contributed by atoms with Gasteiger partial charge in [-0.15, -0.1) is 0 Å². The van der Waals surface area contributed by atoms with E-state index in [9.17, 15) is 0 Å². The van der Waals surface area contributed by atoms with Gasteiger partial charge in [0.05, 0.1) is 13.7 Å². The molecule has 0 amide bonds. The van der Waals surface area contributed by atoms with Crippen LogP contribution in [0, 0.1) is 5.92 Å². The summed E-state index contributed by atoms with van der Waals surface area (Å²) in [4.78, 5) is 2.88. The molecular weight excluding hydrogens is 284 g/mol. The molecule has 0 saturated carbocycles. The van der Waals surface area contributed by atoms with Crippen LogP contribution in [0.4, 0.5) is 0 Å². The third kappa shape index (κ3) is 4.40. The van der Waals surface area contributed by atoms with E-state index in [2.05, 4.69) is 4.90 Å². The first kappa shape index (κ1) is 16.2. The first-order valence-electron chi connectivity index (χ1n) is 7.32. The van der Waals surface area contributed by atoms with Crippen LogP contribution in [-0.2, 0) is 11.3 Å².